The van der Waals surface area contributed by atoms with Gasteiger partial charge in [-0.05, 0) is 61.6 Å². The van der Waals surface area contributed by atoms with E-state index in [1.807, 2.05) is 6.26 Å². The Morgan fingerprint density at radius 1 is 0.750 bits per heavy atom. The summed E-state index contributed by atoms with van der Waals surface area (Å²) < 4.78 is 8.55. The van der Waals surface area contributed by atoms with Crippen LogP contribution in [0.25, 0.3) is 0 Å². The van der Waals surface area contributed by atoms with Gasteiger partial charge in [0.05, 0.1) is 14.2 Å². The smallest absolute Gasteiger partial charge is 0.378 e. The minimum Gasteiger partial charge on any atom is -0.460 e. The maximum Gasteiger partial charge on any atom is 0.378 e. The molecule has 0 radical (unpaired) electrons. The third-order valence-corrected chi connectivity index (χ3v) is 9.17. The van der Waals surface area contributed by atoms with Gasteiger partial charge < -0.3 is 9.47 Å². The van der Waals surface area contributed by atoms with Crippen molar-refractivity contribution in [3.63, 3.8) is 0 Å². The molecule has 0 saturated carbocycles. The van der Waals surface area contributed by atoms with Crippen LogP contribution in [0.3, 0.4) is 0 Å². The molecule has 0 spiro atoms. The van der Waals surface area contributed by atoms with Crippen molar-refractivity contribution in [2.24, 2.45) is 0 Å². The number of methoxy groups -OCH3 is 2. The molecule has 0 rings (SSSR count). The second-order valence-corrected chi connectivity index (χ2v) is 12.9. The number of hydrogen-bond donors (Lipinski definition) is 2. The van der Waals surface area contributed by atoms with E-state index in [0.29, 0.717) is 0 Å². The normalized spacial score (nSPS) is 7.58. The molecule has 0 atom stereocenters. The average Bonchev–Trinajstić information content (AvgIpc) is 2.64. The SMILES string of the molecule is COC(=O)SSCl.COC(=O)SSSC.CS.CS.CSSSC. The quantitative estimate of drug-likeness (QED) is 0.197. The minimum absolute atomic E-state index is 0.246. The summed E-state index contributed by atoms with van der Waals surface area (Å²) in [6.07, 6.45) is 9.43. The average molecular weight is 551 g/mol. The van der Waals surface area contributed by atoms with Crippen molar-refractivity contribution in [2.75, 3.05) is 45.5 Å². The Morgan fingerprint density at radius 2 is 1.08 bits per heavy atom. The van der Waals surface area contributed by atoms with E-state index in [2.05, 4.69) is 47.2 Å². The number of ether oxygens (including phenoxy) is 2. The zero-order valence-electron chi connectivity index (χ0n) is 14.2. The van der Waals surface area contributed by atoms with Gasteiger partial charge in [-0.1, -0.05) is 32.4 Å². The summed E-state index contributed by atoms with van der Waals surface area (Å²) in [4.78, 5) is 20.3. The van der Waals surface area contributed by atoms with Crippen LogP contribution in [0.2, 0.25) is 0 Å². The molecule has 4 nitrogen and oxygen atoms in total. The second-order valence-electron chi connectivity index (χ2n) is 1.77. The Labute approximate surface area is 192 Å². The summed E-state index contributed by atoms with van der Waals surface area (Å²) in [6.45, 7) is 0. The van der Waals surface area contributed by atoms with Crippen LogP contribution in [-0.2, 0) is 9.47 Å². The molecular weight excluding hydrogens is 528 g/mol. The van der Waals surface area contributed by atoms with Crippen molar-refractivity contribution in [1.29, 1.82) is 0 Å². The first kappa shape index (κ1) is 37.5. The van der Waals surface area contributed by atoms with E-state index in [4.69, 9.17) is 10.7 Å². The van der Waals surface area contributed by atoms with Crippen molar-refractivity contribution in [1.82, 2.24) is 0 Å². The highest BCUT2D eigenvalue weighted by atomic mass is 35.7. The van der Waals surface area contributed by atoms with E-state index < -0.39 is 0 Å². The number of rotatable bonds is 5. The van der Waals surface area contributed by atoms with E-state index >= 15 is 0 Å². The summed E-state index contributed by atoms with van der Waals surface area (Å²) in [5.41, 5.74) is 0. The Kier molecular flexibility index (Phi) is 70.0. The second kappa shape index (κ2) is 44.9. The van der Waals surface area contributed by atoms with Gasteiger partial charge in [-0.3, -0.25) is 0 Å². The van der Waals surface area contributed by atoms with Gasteiger partial charge in [0.25, 0.3) is 0 Å². The number of hydrogen-bond acceptors (Lipinski definition) is 14. The summed E-state index contributed by atoms with van der Waals surface area (Å²) in [6, 6.07) is 0. The predicted molar refractivity (Wildman–Crippen MR) is 139 cm³/mol. The van der Waals surface area contributed by atoms with E-state index in [1.54, 1.807) is 43.9 Å². The van der Waals surface area contributed by atoms with Crippen LogP contribution in [-0.4, -0.2) is 56.1 Å². The lowest BCUT2D eigenvalue weighted by atomic mass is 11.5. The van der Waals surface area contributed by atoms with Gasteiger partial charge in [0, 0.05) is 31.6 Å². The predicted octanol–water partition coefficient (Wildman–Crippen LogP) is 8.07. The molecule has 0 saturated heterocycles. The molecule has 0 heterocycles. The Balaban J connectivity index is -0.0000000692. The van der Waals surface area contributed by atoms with Crippen LogP contribution < -0.4 is 0 Å². The maximum atomic E-state index is 10.3. The summed E-state index contributed by atoms with van der Waals surface area (Å²) in [5, 5.41) is -0.621. The monoisotopic (exact) mass is 550 g/mol. The molecule has 0 aromatic heterocycles. The van der Waals surface area contributed by atoms with Gasteiger partial charge in [-0.15, -0.1) is 0 Å². The zero-order chi connectivity index (χ0) is 20.2. The van der Waals surface area contributed by atoms with E-state index in [9.17, 15) is 9.59 Å². The summed E-state index contributed by atoms with van der Waals surface area (Å²) >= 11 is 7.06. The number of thiol groups is 2. The molecule has 0 N–H and O–H groups in total. The molecule has 0 aliphatic carbocycles. The number of carbonyl (C=O) groups excluding carboxylic acids is 2. The first-order valence-electron chi connectivity index (χ1n) is 5.15. The van der Waals surface area contributed by atoms with Gasteiger partial charge in [-0.2, -0.15) is 25.3 Å². The highest BCUT2D eigenvalue weighted by Gasteiger charge is 1.98. The van der Waals surface area contributed by atoms with Crippen LogP contribution in [0.1, 0.15) is 0 Å². The lowest BCUT2D eigenvalue weighted by molar-refractivity contribution is 0.200. The summed E-state index contributed by atoms with van der Waals surface area (Å²) in [5.74, 6) is 0. The minimum atomic E-state index is -0.375. The van der Waals surface area contributed by atoms with E-state index in [-0.39, 0.29) is 10.6 Å². The fourth-order valence-corrected chi connectivity index (χ4v) is 4.81. The van der Waals surface area contributed by atoms with Crippen molar-refractivity contribution in [2.45, 2.75) is 0 Å². The molecule has 0 amide bonds. The van der Waals surface area contributed by atoms with Gasteiger partial charge in [-0.25, -0.2) is 9.59 Å². The molecule has 0 unspecified atom stereocenters. The lowest BCUT2D eigenvalue weighted by Crippen LogP contribution is -1.85. The molecule has 24 heavy (non-hydrogen) atoms. The largest absolute Gasteiger partial charge is 0.460 e. The third-order valence-electron chi connectivity index (χ3n) is 0.739. The molecule has 0 aromatic rings. The van der Waals surface area contributed by atoms with Gasteiger partial charge >= 0.3 is 10.6 Å². The maximum absolute atomic E-state index is 10.3. The van der Waals surface area contributed by atoms with Gasteiger partial charge in [0.1, 0.15) is 0 Å². The Bertz CT molecular complexity index is 227. The van der Waals surface area contributed by atoms with Gasteiger partial charge in [0.15, 0.2) is 0 Å². The van der Waals surface area contributed by atoms with E-state index in [1.165, 1.54) is 34.8 Å². The van der Waals surface area contributed by atoms with Crippen LogP contribution in [0, 0.1) is 0 Å². The fraction of sp³-hybridized carbons (Fsp3) is 0.778. The molecule has 0 bridgehead atoms. The molecule has 150 valence electrons. The highest BCUT2D eigenvalue weighted by molar-refractivity contribution is 9.11. The summed E-state index contributed by atoms with van der Waals surface area (Å²) in [7, 11) is 18.8. The van der Waals surface area contributed by atoms with Crippen LogP contribution in [0.5, 0.6) is 0 Å². The highest BCUT2D eigenvalue weighted by Crippen LogP contribution is 2.32. The Morgan fingerprint density at radius 3 is 1.25 bits per heavy atom. The first-order chi connectivity index (χ1) is 11.5. The van der Waals surface area contributed by atoms with Crippen molar-refractivity contribution >= 4 is 130 Å². The van der Waals surface area contributed by atoms with Crippen molar-refractivity contribution in [3.05, 3.63) is 0 Å². The first-order valence-corrected chi connectivity index (χ1v) is 18.1. The topological polar surface area (TPSA) is 52.6 Å². The standard InChI is InChI=1S/C3H6O2S3.C2H3ClO2S2.C2H6S3.2CH4S/c1-5-3(4)7-8-6-2;1-5-2(4)6-7-3;1-3-5-4-2;2*1-2/h1-2H3;1H3;1-2H3;2*2H,1H3. The molecule has 0 fully saturated rings. The molecule has 0 aliphatic rings. The van der Waals surface area contributed by atoms with Crippen LogP contribution in [0.15, 0.2) is 0 Å². The van der Waals surface area contributed by atoms with Gasteiger partial charge in [0.2, 0.25) is 0 Å². The Hall–Kier alpha value is 2.73. The molecule has 0 aromatic carbocycles. The lowest BCUT2D eigenvalue weighted by Gasteiger charge is -1.91. The van der Waals surface area contributed by atoms with Crippen LogP contribution >= 0.6 is 120 Å². The van der Waals surface area contributed by atoms with Crippen molar-refractivity contribution in [3.8, 4) is 0 Å². The molecular formula is C9H23ClO4S10. The fourth-order valence-electron chi connectivity index (χ4n) is 0.224. The number of halogens is 1. The number of carbonyl (C=O) groups is 2. The van der Waals surface area contributed by atoms with Crippen molar-refractivity contribution < 1.29 is 19.1 Å². The van der Waals surface area contributed by atoms with Crippen LogP contribution in [0.4, 0.5) is 9.59 Å². The third kappa shape index (κ3) is 56.3. The molecule has 0 aliphatic heterocycles. The zero-order valence-corrected chi connectivity index (χ0v) is 23.2. The molecule has 15 heteroatoms. The van der Waals surface area contributed by atoms with E-state index in [0.717, 1.165) is 31.6 Å².